The minimum atomic E-state index is -1.07. The molecular weight excluding hydrogens is 408 g/mol. The summed E-state index contributed by atoms with van der Waals surface area (Å²) in [6.45, 7) is 1.62. The molecule has 2 N–H and O–H groups in total. The number of carboxylic acid groups (broad SMARTS) is 1. The van der Waals surface area contributed by atoms with E-state index in [1.165, 1.54) is 43.4 Å². The lowest BCUT2D eigenvalue weighted by molar-refractivity contribution is -0.137. The number of amides is 2. The molecule has 170 valence electrons. The Labute approximate surface area is 187 Å². The SMILES string of the molecule is CCN(CC(=O)O)C(=O)c1cn2c(NC(=O)CC34CC5CC(CC(C5)C3)C4)cccc2n1. The van der Waals surface area contributed by atoms with E-state index in [0.717, 1.165) is 17.8 Å². The first-order valence-corrected chi connectivity index (χ1v) is 11.6. The van der Waals surface area contributed by atoms with E-state index < -0.39 is 11.9 Å². The molecule has 4 aliphatic rings. The molecule has 32 heavy (non-hydrogen) atoms. The van der Waals surface area contributed by atoms with Gasteiger partial charge in [-0.2, -0.15) is 0 Å². The van der Waals surface area contributed by atoms with Crippen molar-refractivity contribution in [2.75, 3.05) is 18.4 Å². The van der Waals surface area contributed by atoms with Crippen molar-refractivity contribution in [3.63, 3.8) is 0 Å². The number of pyridine rings is 1. The van der Waals surface area contributed by atoms with Crippen molar-refractivity contribution in [1.29, 1.82) is 0 Å². The predicted molar refractivity (Wildman–Crippen MR) is 118 cm³/mol. The minimum absolute atomic E-state index is 0.0158. The van der Waals surface area contributed by atoms with Gasteiger partial charge < -0.3 is 15.3 Å². The molecule has 0 aliphatic heterocycles. The van der Waals surface area contributed by atoms with Crippen LogP contribution in [0.3, 0.4) is 0 Å². The van der Waals surface area contributed by atoms with Crippen LogP contribution in [0, 0.1) is 23.2 Å². The Hall–Kier alpha value is -2.90. The number of aromatic nitrogens is 2. The topological polar surface area (TPSA) is 104 Å². The molecule has 2 aromatic rings. The lowest BCUT2D eigenvalue weighted by Crippen LogP contribution is -2.47. The number of rotatable bonds is 7. The van der Waals surface area contributed by atoms with Crippen molar-refractivity contribution in [3.8, 4) is 0 Å². The van der Waals surface area contributed by atoms with E-state index in [-0.39, 0.29) is 30.1 Å². The Bertz CT molecular complexity index is 1040. The average Bonchev–Trinajstić information content (AvgIpc) is 3.15. The van der Waals surface area contributed by atoms with Crippen LogP contribution in [0.15, 0.2) is 24.4 Å². The normalized spacial score (nSPS) is 28.1. The Morgan fingerprint density at radius 1 is 1.16 bits per heavy atom. The van der Waals surface area contributed by atoms with Gasteiger partial charge in [-0.25, -0.2) is 4.98 Å². The van der Waals surface area contributed by atoms with Crippen LogP contribution in [-0.2, 0) is 9.59 Å². The van der Waals surface area contributed by atoms with E-state index in [4.69, 9.17) is 5.11 Å². The lowest BCUT2D eigenvalue weighted by atomic mass is 9.49. The van der Waals surface area contributed by atoms with Crippen molar-refractivity contribution in [3.05, 3.63) is 30.1 Å². The fourth-order valence-corrected chi connectivity index (χ4v) is 6.90. The number of anilines is 1. The second kappa shape index (κ2) is 7.90. The van der Waals surface area contributed by atoms with Crippen molar-refractivity contribution in [2.45, 2.75) is 51.9 Å². The summed E-state index contributed by atoms with van der Waals surface area (Å²) in [6.07, 6.45) is 9.70. The zero-order valence-electron chi connectivity index (χ0n) is 18.4. The van der Waals surface area contributed by atoms with E-state index in [0.29, 0.717) is 17.9 Å². The quantitative estimate of drug-likeness (QED) is 0.689. The Kier molecular flexibility index (Phi) is 5.18. The first-order valence-electron chi connectivity index (χ1n) is 11.6. The van der Waals surface area contributed by atoms with Crippen LogP contribution >= 0.6 is 0 Å². The zero-order valence-corrected chi connectivity index (χ0v) is 18.4. The molecule has 2 heterocycles. The molecule has 8 heteroatoms. The maximum atomic E-state index is 13.1. The van der Waals surface area contributed by atoms with E-state index in [9.17, 15) is 14.4 Å². The van der Waals surface area contributed by atoms with Crippen LogP contribution < -0.4 is 5.32 Å². The number of hydrogen-bond acceptors (Lipinski definition) is 4. The van der Waals surface area contributed by atoms with Gasteiger partial charge in [-0.15, -0.1) is 0 Å². The van der Waals surface area contributed by atoms with Crippen molar-refractivity contribution in [2.24, 2.45) is 23.2 Å². The maximum Gasteiger partial charge on any atom is 0.323 e. The molecule has 8 nitrogen and oxygen atoms in total. The fourth-order valence-electron chi connectivity index (χ4n) is 6.90. The van der Waals surface area contributed by atoms with Crippen LogP contribution in [0.25, 0.3) is 5.65 Å². The summed E-state index contributed by atoms with van der Waals surface area (Å²) in [7, 11) is 0. The number of carbonyl (C=O) groups is 3. The van der Waals surface area contributed by atoms with Gasteiger partial charge in [-0.05, 0) is 80.8 Å². The van der Waals surface area contributed by atoms with Gasteiger partial charge in [0.25, 0.3) is 5.91 Å². The number of fused-ring (bicyclic) bond motifs is 1. The molecule has 0 atom stereocenters. The molecule has 0 unspecified atom stereocenters. The number of hydrogen-bond donors (Lipinski definition) is 2. The van der Waals surface area contributed by atoms with Crippen LogP contribution in [0.2, 0.25) is 0 Å². The van der Waals surface area contributed by atoms with E-state index in [1.807, 2.05) is 0 Å². The molecule has 2 amide bonds. The van der Waals surface area contributed by atoms with Crippen molar-refractivity contribution < 1.29 is 19.5 Å². The number of carbonyl (C=O) groups excluding carboxylic acids is 2. The Morgan fingerprint density at radius 3 is 2.41 bits per heavy atom. The van der Waals surface area contributed by atoms with Gasteiger partial charge in [-0.3, -0.25) is 18.8 Å². The monoisotopic (exact) mass is 438 g/mol. The third-order valence-electron chi connectivity index (χ3n) is 7.67. The Balaban J connectivity index is 1.33. The number of imidazole rings is 1. The molecule has 4 bridgehead atoms. The van der Waals surface area contributed by atoms with Crippen molar-refractivity contribution in [1.82, 2.24) is 14.3 Å². The number of nitrogens with one attached hydrogen (secondary N) is 1. The molecular formula is C24H30N4O4. The smallest absolute Gasteiger partial charge is 0.323 e. The maximum absolute atomic E-state index is 13.1. The number of nitrogens with zero attached hydrogens (tertiary/aromatic N) is 3. The number of likely N-dealkylation sites (N-methyl/N-ethyl adjacent to an activating group) is 1. The highest BCUT2D eigenvalue weighted by Crippen LogP contribution is 2.61. The molecule has 0 aromatic carbocycles. The highest BCUT2D eigenvalue weighted by molar-refractivity contribution is 5.95. The summed E-state index contributed by atoms with van der Waals surface area (Å²) < 4.78 is 1.69. The third kappa shape index (κ3) is 3.87. The van der Waals surface area contributed by atoms with Gasteiger partial charge in [0.1, 0.15) is 23.7 Å². The molecule has 0 saturated heterocycles. The molecule has 0 radical (unpaired) electrons. The van der Waals surface area contributed by atoms with Crippen LogP contribution in [0.5, 0.6) is 0 Å². The molecule has 6 rings (SSSR count). The summed E-state index contributed by atoms with van der Waals surface area (Å²) in [5.74, 6) is 1.48. The average molecular weight is 439 g/mol. The van der Waals surface area contributed by atoms with Crippen LogP contribution in [0.1, 0.15) is 62.4 Å². The third-order valence-corrected chi connectivity index (χ3v) is 7.67. The van der Waals surface area contributed by atoms with E-state index >= 15 is 0 Å². The van der Waals surface area contributed by atoms with Gasteiger partial charge >= 0.3 is 5.97 Å². The Morgan fingerprint density at radius 2 is 1.81 bits per heavy atom. The molecule has 4 aliphatic carbocycles. The zero-order chi connectivity index (χ0) is 22.5. The first-order chi connectivity index (χ1) is 15.3. The largest absolute Gasteiger partial charge is 0.480 e. The number of carboxylic acids is 1. The van der Waals surface area contributed by atoms with Crippen molar-refractivity contribution >= 4 is 29.2 Å². The standard InChI is InChI=1S/C24H30N4O4/c1-2-27(14-22(30)31)23(32)18-13-28-19(25-18)4-3-5-20(28)26-21(29)12-24-9-15-6-16(10-24)8-17(7-15)11-24/h3-5,13,15-17H,2,6-12,14H2,1H3,(H,26,29)(H,30,31). The van der Waals surface area contributed by atoms with Gasteiger partial charge in [-0.1, -0.05) is 6.07 Å². The minimum Gasteiger partial charge on any atom is -0.480 e. The summed E-state index contributed by atoms with van der Waals surface area (Å²) in [4.78, 5) is 42.4. The number of aliphatic carboxylic acids is 1. The molecule has 0 spiro atoms. The summed E-state index contributed by atoms with van der Waals surface area (Å²) in [6, 6.07) is 5.36. The van der Waals surface area contributed by atoms with Gasteiger partial charge in [0.05, 0.1) is 0 Å². The summed E-state index contributed by atoms with van der Waals surface area (Å²) in [5.41, 5.74) is 0.851. The first kappa shape index (κ1) is 21.0. The molecule has 4 fully saturated rings. The lowest BCUT2D eigenvalue weighted by Gasteiger charge is -2.56. The highest BCUT2D eigenvalue weighted by Gasteiger charge is 2.51. The summed E-state index contributed by atoms with van der Waals surface area (Å²) in [5, 5.41) is 12.1. The fraction of sp³-hybridized carbons (Fsp3) is 0.583. The van der Waals surface area contributed by atoms with Gasteiger partial charge in [0, 0.05) is 19.2 Å². The predicted octanol–water partition coefficient (Wildman–Crippen LogP) is 3.43. The van der Waals surface area contributed by atoms with Gasteiger partial charge in [0.2, 0.25) is 5.91 Å². The molecule has 4 saturated carbocycles. The summed E-state index contributed by atoms with van der Waals surface area (Å²) >= 11 is 0. The van der Waals surface area contributed by atoms with Crippen LogP contribution in [-0.4, -0.2) is 50.3 Å². The van der Waals surface area contributed by atoms with E-state index in [1.54, 1.807) is 35.7 Å². The second-order valence-electron chi connectivity index (χ2n) is 10.1. The van der Waals surface area contributed by atoms with E-state index in [2.05, 4.69) is 10.3 Å². The second-order valence-corrected chi connectivity index (χ2v) is 10.1. The van der Waals surface area contributed by atoms with Gasteiger partial charge in [0.15, 0.2) is 0 Å². The molecule has 2 aromatic heterocycles. The highest BCUT2D eigenvalue weighted by atomic mass is 16.4. The van der Waals surface area contributed by atoms with Crippen LogP contribution in [0.4, 0.5) is 5.82 Å².